The molecule has 1 N–H and O–H groups in total. The van der Waals surface area contributed by atoms with Gasteiger partial charge in [-0.2, -0.15) is 13.2 Å². The minimum absolute atomic E-state index is 0.119. The van der Waals surface area contributed by atoms with Crippen molar-refractivity contribution in [2.75, 3.05) is 5.32 Å². The number of halogens is 3. The van der Waals surface area contributed by atoms with Crippen LogP contribution in [0.2, 0.25) is 0 Å². The number of aromatic nitrogens is 2. The summed E-state index contributed by atoms with van der Waals surface area (Å²) in [6.07, 6.45) is 0.653. The summed E-state index contributed by atoms with van der Waals surface area (Å²) in [7, 11) is 0. The van der Waals surface area contributed by atoms with Crippen molar-refractivity contribution in [3.8, 4) is 0 Å². The van der Waals surface area contributed by atoms with Crippen LogP contribution in [0.25, 0.3) is 0 Å². The first-order chi connectivity index (χ1) is 9.04. The molecule has 3 nitrogen and oxygen atoms in total. The molecule has 1 aromatic rings. The van der Waals surface area contributed by atoms with Crippen LogP contribution >= 0.6 is 0 Å². The van der Waals surface area contributed by atoms with Crippen LogP contribution in [0.1, 0.15) is 25.0 Å². The number of alkyl halides is 3. The fourth-order valence-electron chi connectivity index (χ4n) is 4.25. The molecule has 102 valence electrons. The van der Waals surface area contributed by atoms with Gasteiger partial charge in [-0.3, -0.25) is 0 Å². The predicted molar refractivity (Wildman–Crippen MR) is 62.3 cm³/mol. The lowest BCUT2D eigenvalue weighted by atomic mass is 10.0. The summed E-state index contributed by atoms with van der Waals surface area (Å²) < 4.78 is 37.7. The number of hydrogen-bond donors (Lipinski definition) is 1. The average molecular weight is 269 g/mol. The standard InChI is InChI=1S/C13H14F3N3/c14-13(15,16)8-3-4-17-12(18-8)19-11-9-6-1-2-7(5-6)10(9)11/h3-4,6-7,9-11H,1-2,5H2,(H,17,18,19). The van der Waals surface area contributed by atoms with E-state index < -0.39 is 11.9 Å². The molecule has 4 rings (SSSR count). The third kappa shape index (κ3) is 1.72. The fraction of sp³-hybridized carbons (Fsp3) is 0.692. The van der Waals surface area contributed by atoms with Gasteiger partial charge in [0.25, 0.3) is 0 Å². The lowest BCUT2D eigenvalue weighted by Crippen LogP contribution is -2.16. The molecule has 3 aliphatic carbocycles. The van der Waals surface area contributed by atoms with Crippen LogP contribution < -0.4 is 5.32 Å². The van der Waals surface area contributed by atoms with E-state index in [-0.39, 0.29) is 5.95 Å². The number of anilines is 1. The Morgan fingerprint density at radius 2 is 1.84 bits per heavy atom. The zero-order valence-corrected chi connectivity index (χ0v) is 10.2. The Kier molecular flexibility index (Phi) is 2.18. The first-order valence-corrected chi connectivity index (χ1v) is 6.71. The molecule has 2 bridgehead atoms. The Balaban J connectivity index is 1.50. The Morgan fingerprint density at radius 1 is 1.16 bits per heavy atom. The second-order valence-electron chi connectivity index (χ2n) is 5.92. The first kappa shape index (κ1) is 11.5. The molecule has 4 unspecified atom stereocenters. The van der Waals surface area contributed by atoms with Gasteiger partial charge in [0.2, 0.25) is 5.95 Å². The Morgan fingerprint density at radius 3 is 2.47 bits per heavy atom. The SMILES string of the molecule is FC(F)(F)c1ccnc(NC2C3C4CCC(C4)C23)n1. The highest BCUT2D eigenvalue weighted by Crippen LogP contribution is 2.66. The molecule has 19 heavy (non-hydrogen) atoms. The molecule has 3 fully saturated rings. The maximum Gasteiger partial charge on any atom is 0.433 e. The van der Waals surface area contributed by atoms with Crippen molar-refractivity contribution >= 4 is 5.95 Å². The minimum Gasteiger partial charge on any atom is -0.351 e. The average Bonchev–Trinajstić information content (AvgIpc) is 2.77. The van der Waals surface area contributed by atoms with E-state index in [4.69, 9.17) is 0 Å². The van der Waals surface area contributed by atoms with E-state index in [1.807, 2.05) is 0 Å². The van der Waals surface area contributed by atoms with Crippen molar-refractivity contribution in [3.05, 3.63) is 18.0 Å². The van der Waals surface area contributed by atoms with Gasteiger partial charge in [-0.05, 0) is 49.0 Å². The molecule has 0 aliphatic heterocycles. The van der Waals surface area contributed by atoms with Gasteiger partial charge < -0.3 is 5.32 Å². The Hall–Kier alpha value is -1.33. The summed E-state index contributed by atoms with van der Waals surface area (Å²) in [5.41, 5.74) is -0.876. The summed E-state index contributed by atoms with van der Waals surface area (Å²) >= 11 is 0. The summed E-state index contributed by atoms with van der Waals surface area (Å²) in [5.74, 6) is 2.97. The molecule has 3 saturated carbocycles. The number of hydrogen-bond acceptors (Lipinski definition) is 3. The van der Waals surface area contributed by atoms with Crippen LogP contribution in [0, 0.1) is 23.7 Å². The summed E-state index contributed by atoms with van der Waals surface area (Å²) in [5, 5.41) is 3.11. The van der Waals surface area contributed by atoms with Gasteiger partial charge in [0, 0.05) is 12.2 Å². The van der Waals surface area contributed by atoms with Gasteiger partial charge in [0.1, 0.15) is 5.69 Å². The van der Waals surface area contributed by atoms with Crippen molar-refractivity contribution in [1.29, 1.82) is 0 Å². The minimum atomic E-state index is -4.40. The largest absolute Gasteiger partial charge is 0.433 e. The molecule has 0 saturated heterocycles. The van der Waals surface area contributed by atoms with Gasteiger partial charge >= 0.3 is 6.18 Å². The fourth-order valence-corrected chi connectivity index (χ4v) is 4.25. The third-order valence-corrected chi connectivity index (χ3v) is 4.98. The highest BCUT2D eigenvalue weighted by atomic mass is 19.4. The molecule has 1 aromatic heterocycles. The highest BCUT2D eigenvalue weighted by molar-refractivity contribution is 5.35. The number of nitrogens with zero attached hydrogens (tertiary/aromatic N) is 2. The summed E-state index contributed by atoms with van der Waals surface area (Å²) in [4.78, 5) is 7.48. The van der Waals surface area contributed by atoms with Crippen LogP contribution in [0.15, 0.2) is 12.3 Å². The van der Waals surface area contributed by atoms with Crippen molar-refractivity contribution in [2.45, 2.75) is 31.5 Å². The molecular formula is C13H14F3N3. The summed E-state index contributed by atoms with van der Waals surface area (Å²) in [6, 6.07) is 1.21. The van der Waals surface area contributed by atoms with E-state index in [0.717, 1.165) is 17.9 Å². The molecule has 0 amide bonds. The second-order valence-corrected chi connectivity index (χ2v) is 5.92. The van der Waals surface area contributed by atoms with Crippen LogP contribution in [-0.2, 0) is 6.18 Å². The number of rotatable bonds is 2. The van der Waals surface area contributed by atoms with Crippen LogP contribution in [0.5, 0.6) is 0 Å². The van der Waals surface area contributed by atoms with Crippen molar-refractivity contribution in [2.24, 2.45) is 23.7 Å². The monoisotopic (exact) mass is 269 g/mol. The van der Waals surface area contributed by atoms with Gasteiger partial charge in [-0.1, -0.05) is 0 Å². The zero-order valence-electron chi connectivity index (χ0n) is 10.2. The Labute approximate surface area is 108 Å². The lowest BCUT2D eigenvalue weighted by molar-refractivity contribution is -0.141. The molecule has 0 radical (unpaired) electrons. The quantitative estimate of drug-likeness (QED) is 0.897. The smallest absolute Gasteiger partial charge is 0.351 e. The van der Waals surface area contributed by atoms with E-state index in [0.29, 0.717) is 17.9 Å². The first-order valence-electron chi connectivity index (χ1n) is 6.71. The van der Waals surface area contributed by atoms with E-state index in [1.54, 1.807) is 0 Å². The molecule has 0 spiro atoms. The lowest BCUT2D eigenvalue weighted by Gasteiger charge is -2.11. The second kappa shape index (κ2) is 3.61. The van der Waals surface area contributed by atoms with Crippen molar-refractivity contribution in [1.82, 2.24) is 9.97 Å². The van der Waals surface area contributed by atoms with Gasteiger partial charge in [0.15, 0.2) is 0 Å². The highest BCUT2D eigenvalue weighted by Gasteiger charge is 2.65. The van der Waals surface area contributed by atoms with Gasteiger partial charge in [0.05, 0.1) is 0 Å². The molecule has 4 atom stereocenters. The Bertz CT molecular complexity index is 500. The topological polar surface area (TPSA) is 37.8 Å². The summed E-state index contributed by atoms with van der Waals surface area (Å²) in [6.45, 7) is 0. The zero-order chi connectivity index (χ0) is 13.2. The van der Waals surface area contributed by atoms with Crippen molar-refractivity contribution in [3.63, 3.8) is 0 Å². The van der Waals surface area contributed by atoms with E-state index >= 15 is 0 Å². The van der Waals surface area contributed by atoms with Crippen LogP contribution in [0.3, 0.4) is 0 Å². The maximum atomic E-state index is 12.6. The van der Waals surface area contributed by atoms with Crippen LogP contribution in [-0.4, -0.2) is 16.0 Å². The van der Waals surface area contributed by atoms with E-state index in [1.165, 1.54) is 25.5 Å². The predicted octanol–water partition coefficient (Wildman–Crippen LogP) is 2.95. The van der Waals surface area contributed by atoms with Gasteiger partial charge in [-0.25, -0.2) is 9.97 Å². The maximum absolute atomic E-state index is 12.6. The molecule has 1 heterocycles. The van der Waals surface area contributed by atoms with E-state index in [2.05, 4.69) is 15.3 Å². The van der Waals surface area contributed by atoms with Gasteiger partial charge in [-0.15, -0.1) is 0 Å². The van der Waals surface area contributed by atoms with Crippen molar-refractivity contribution < 1.29 is 13.2 Å². The molecule has 3 aliphatic rings. The third-order valence-electron chi connectivity index (χ3n) is 4.98. The number of fused-ring (bicyclic) bond motifs is 5. The normalized spacial score (nSPS) is 39.2. The van der Waals surface area contributed by atoms with Crippen LogP contribution in [0.4, 0.5) is 19.1 Å². The van der Waals surface area contributed by atoms with E-state index in [9.17, 15) is 13.2 Å². The molecule has 0 aromatic carbocycles. The molecule has 6 heteroatoms. The molecular weight excluding hydrogens is 255 g/mol. The number of nitrogens with one attached hydrogen (secondary N) is 1.